The Labute approximate surface area is 119 Å². The molecular weight excluding hydrogens is 260 g/mol. The van der Waals surface area contributed by atoms with Crippen molar-refractivity contribution >= 4 is 17.8 Å². The van der Waals surface area contributed by atoms with Crippen molar-refractivity contribution in [3.63, 3.8) is 0 Å². The summed E-state index contributed by atoms with van der Waals surface area (Å²) in [5, 5.41) is 2.64. The lowest BCUT2D eigenvalue weighted by Crippen LogP contribution is -2.41. The van der Waals surface area contributed by atoms with Crippen LogP contribution >= 0.6 is 0 Å². The van der Waals surface area contributed by atoms with E-state index in [1.54, 1.807) is 4.90 Å². The molecule has 0 aromatic heterocycles. The number of hydrogen-bond donors (Lipinski definition) is 1. The molecule has 6 heteroatoms. The predicted molar refractivity (Wildman–Crippen MR) is 73.8 cm³/mol. The number of rotatable bonds is 5. The highest BCUT2D eigenvalue weighted by molar-refractivity contribution is 5.85. The second-order valence-corrected chi connectivity index (χ2v) is 4.71. The van der Waals surface area contributed by atoms with Gasteiger partial charge in [-0.15, -0.1) is 0 Å². The van der Waals surface area contributed by atoms with Crippen LogP contribution < -0.4 is 5.32 Å². The van der Waals surface area contributed by atoms with Gasteiger partial charge in [0.25, 0.3) is 0 Å². The zero-order valence-corrected chi connectivity index (χ0v) is 11.9. The number of carbonyl (C=O) groups is 3. The van der Waals surface area contributed by atoms with E-state index in [9.17, 15) is 14.4 Å². The fraction of sp³-hybridized carbons (Fsp3) is 0.643. The minimum absolute atomic E-state index is 0.0463. The van der Waals surface area contributed by atoms with Crippen molar-refractivity contribution in [2.75, 3.05) is 26.7 Å². The van der Waals surface area contributed by atoms with Crippen LogP contribution in [0.3, 0.4) is 0 Å². The molecule has 1 saturated heterocycles. The van der Waals surface area contributed by atoms with Crippen LogP contribution in [0.25, 0.3) is 0 Å². The summed E-state index contributed by atoms with van der Waals surface area (Å²) in [7, 11) is 1.29. The van der Waals surface area contributed by atoms with Gasteiger partial charge < -0.3 is 15.0 Å². The summed E-state index contributed by atoms with van der Waals surface area (Å²) in [6.07, 6.45) is 7.33. The number of esters is 1. The van der Waals surface area contributed by atoms with Crippen LogP contribution in [0.5, 0.6) is 0 Å². The zero-order valence-electron chi connectivity index (χ0n) is 11.9. The Hall–Kier alpha value is -1.85. The molecule has 0 spiro atoms. The second-order valence-electron chi connectivity index (χ2n) is 4.71. The van der Waals surface area contributed by atoms with Gasteiger partial charge in [0.2, 0.25) is 11.8 Å². The number of nitrogens with zero attached hydrogens (tertiary/aromatic N) is 1. The summed E-state index contributed by atoms with van der Waals surface area (Å²) in [6.45, 7) is 0.977. The maximum absolute atomic E-state index is 11.8. The molecular formula is C14H22N2O4. The van der Waals surface area contributed by atoms with Gasteiger partial charge in [0.1, 0.15) is 0 Å². The van der Waals surface area contributed by atoms with E-state index < -0.39 is 5.97 Å². The van der Waals surface area contributed by atoms with Gasteiger partial charge in [-0.2, -0.15) is 0 Å². The summed E-state index contributed by atoms with van der Waals surface area (Å²) in [6, 6.07) is 0. The summed E-state index contributed by atoms with van der Waals surface area (Å²) in [5.74, 6) is -0.628. The van der Waals surface area contributed by atoms with Crippen LogP contribution in [0.2, 0.25) is 0 Å². The summed E-state index contributed by atoms with van der Waals surface area (Å²) in [4.78, 5) is 36.0. The summed E-state index contributed by atoms with van der Waals surface area (Å²) in [5.41, 5.74) is 0. The summed E-state index contributed by atoms with van der Waals surface area (Å²) >= 11 is 0. The molecule has 0 radical (unpaired) electrons. The molecule has 1 heterocycles. The average molecular weight is 282 g/mol. The number of carbonyl (C=O) groups excluding carboxylic acids is 3. The molecule has 1 aliphatic heterocycles. The van der Waals surface area contributed by atoms with E-state index in [-0.39, 0.29) is 24.9 Å². The molecule has 0 saturated carbocycles. The van der Waals surface area contributed by atoms with Crippen LogP contribution in [0, 0.1) is 0 Å². The highest BCUT2D eigenvalue weighted by Crippen LogP contribution is 2.11. The number of likely N-dealkylation sites (tertiary alicyclic amines) is 1. The third-order valence-electron chi connectivity index (χ3n) is 3.13. The maximum Gasteiger partial charge on any atom is 0.330 e. The lowest BCUT2D eigenvalue weighted by molar-refractivity contribution is -0.136. The molecule has 1 N–H and O–H groups in total. The first-order valence-electron chi connectivity index (χ1n) is 6.92. The van der Waals surface area contributed by atoms with Gasteiger partial charge in [0.05, 0.1) is 13.7 Å². The second kappa shape index (κ2) is 9.12. The fourth-order valence-electron chi connectivity index (χ4n) is 2.01. The number of amides is 2. The van der Waals surface area contributed by atoms with Crippen LogP contribution in [0.15, 0.2) is 12.2 Å². The van der Waals surface area contributed by atoms with E-state index in [1.165, 1.54) is 19.3 Å². The lowest BCUT2D eigenvalue weighted by Gasteiger charge is -2.24. The highest BCUT2D eigenvalue weighted by atomic mass is 16.5. The average Bonchev–Trinajstić information content (AvgIpc) is 2.43. The van der Waals surface area contributed by atoms with Gasteiger partial charge in [-0.05, 0) is 12.8 Å². The van der Waals surface area contributed by atoms with Crippen molar-refractivity contribution in [2.45, 2.75) is 32.1 Å². The highest BCUT2D eigenvalue weighted by Gasteiger charge is 2.17. The van der Waals surface area contributed by atoms with Crippen molar-refractivity contribution in [2.24, 2.45) is 0 Å². The van der Waals surface area contributed by atoms with E-state index in [0.29, 0.717) is 13.0 Å². The third kappa shape index (κ3) is 6.36. The lowest BCUT2D eigenvalue weighted by atomic mass is 10.1. The van der Waals surface area contributed by atoms with E-state index >= 15 is 0 Å². The number of nitrogens with one attached hydrogen (secondary N) is 1. The Morgan fingerprint density at radius 3 is 2.80 bits per heavy atom. The van der Waals surface area contributed by atoms with Crippen molar-refractivity contribution in [1.82, 2.24) is 10.2 Å². The molecule has 0 atom stereocenters. The van der Waals surface area contributed by atoms with Gasteiger partial charge in [0, 0.05) is 25.6 Å². The molecule has 112 valence electrons. The zero-order chi connectivity index (χ0) is 14.8. The van der Waals surface area contributed by atoms with Crippen LogP contribution in [-0.4, -0.2) is 49.4 Å². The van der Waals surface area contributed by atoms with E-state index in [1.807, 2.05) is 0 Å². The number of hydrogen-bond acceptors (Lipinski definition) is 4. The standard InChI is InChI=1S/C14H22N2O4/c1-20-14(19)8-6-9-15-12(17)11-16-10-5-3-2-4-7-13(16)18/h6,8H,2-5,7,9-11H2,1H3,(H,15,17)/b8-6+. The van der Waals surface area contributed by atoms with E-state index in [2.05, 4.69) is 10.1 Å². The molecule has 0 aromatic carbocycles. The Balaban J connectivity index is 2.30. The Morgan fingerprint density at radius 2 is 2.05 bits per heavy atom. The topological polar surface area (TPSA) is 75.7 Å². The first-order valence-corrected chi connectivity index (χ1v) is 6.92. The fourth-order valence-corrected chi connectivity index (χ4v) is 2.01. The van der Waals surface area contributed by atoms with Gasteiger partial charge in [-0.1, -0.05) is 18.9 Å². The molecule has 1 aliphatic rings. The number of ether oxygens (including phenoxy) is 1. The van der Waals surface area contributed by atoms with Gasteiger partial charge in [-0.25, -0.2) is 4.79 Å². The van der Waals surface area contributed by atoms with Crippen LogP contribution in [0.4, 0.5) is 0 Å². The van der Waals surface area contributed by atoms with Crippen molar-refractivity contribution < 1.29 is 19.1 Å². The van der Waals surface area contributed by atoms with Gasteiger partial charge in [0.15, 0.2) is 0 Å². The third-order valence-corrected chi connectivity index (χ3v) is 3.13. The van der Waals surface area contributed by atoms with Crippen molar-refractivity contribution in [1.29, 1.82) is 0 Å². The number of methoxy groups -OCH3 is 1. The predicted octanol–water partition coefficient (Wildman–Crippen LogP) is 0.624. The first kappa shape index (κ1) is 16.2. The molecule has 0 unspecified atom stereocenters. The molecule has 1 fully saturated rings. The van der Waals surface area contributed by atoms with Gasteiger partial charge in [-0.3, -0.25) is 9.59 Å². The quantitative estimate of drug-likeness (QED) is 0.592. The smallest absolute Gasteiger partial charge is 0.330 e. The SMILES string of the molecule is COC(=O)/C=C/CNC(=O)CN1CCCCCCC1=O. The normalized spacial score (nSPS) is 16.6. The van der Waals surface area contributed by atoms with E-state index in [4.69, 9.17) is 0 Å². The molecule has 1 rings (SSSR count). The Bertz CT molecular complexity index is 379. The molecule has 20 heavy (non-hydrogen) atoms. The minimum Gasteiger partial charge on any atom is -0.466 e. The molecule has 0 aromatic rings. The molecule has 6 nitrogen and oxygen atoms in total. The molecule has 0 bridgehead atoms. The largest absolute Gasteiger partial charge is 0.466 e. The van der Waals surface area contributed by atoms with Gasteiger partial charge >= 0.3 is 5.97 Å². The van der Waals surface area contributed by atoms with E-state index in [0.717, 1.165) is 25.7 Å². The minimum atomic E-state index is -0.460. The van der Waals surface area contributed by atoms with Crippen molar-refractivity contribution in [3.05, 3.63) is 12.2 Å². The van der Waals surface area contributed by atoms with Crippen LogP contribution in [-0.2, 0) is 19.1 Å². The monoisotopic (exact) mass is 282 g/mol. The molecule has 2 amide bonds. The van der Waals surface area contributed by atoms with Crippen LogP contribution in [0.1, 0.15) is 32.1 Å². The molecule has 0 aliphatic carbocycles. The summed E-state index contributed by atoms with van der Waals surface area (Å²) < 4.78 is 4.43. The Morgan fingerprint density at radius 1 is 1.30 bits per heavy atom. The Kier molecular flexibility index (Phi) is 7.39. The first-order chi connectivity index (χ1) is 9.63. The van der Waals surface area contributed by atoms with Crippen molar-refractivity contribution in [3.8, 4) is 0 Å². The maximum atomic E-state index is 11.8.